The van der Waals surface area contributed by atoms with Crippen molar-refractivity contribution in [1.82, 2.24) is 29.9 Å². The summed E-state index contributed by atoms with van der Waals surface area (Å²) in [5.74, 6) is 1.70. The lowest BCUT2D eigenvalue weighted by Gasteiger charge is -2.35. The van der Waals surface area contributed by atoms with E-state index < -0.39 is 0 Å². The highest BCUT2D eigenvalue weighted by Crippen LogP contribution is 2.23. The van der Waals surface area contributed by atoms with Gasteiger partial charge < -0.3 is 9.80 Å². The molecule has 0 atom stereocenters. The third-order valence-corrected chi connectivity index (χ3v) is 5.24. The van der Waals surface area contributed by atoms with Crippen LogP contribution in [0.2, 0.25) is 0 Å². The Morgan fingerprint density at radius 2 is 1.70 bits per heavy atom. The Morgan fingerprint density at radius 1 is 0.900 bits per heavy atom. The average Bonchev–Trinajstić information content (AvgIpc) is 3.23. The van der Waals surface area contributed by atoms with Gasteiger partial charge in [0.05, 0.1) is 12.1 Å². The summed E-state index contributed by atoms with van der Waals surface area (Å²) in [6.45, 7) is 3.82. The summed E-state index contributed by atoms with van der Waals surface area (Å²) < 4.78 is 1.81. The van der Waals surface area contributed by atoms with Gasteiger partial charge in [0.15, 0.2) is 17.0 Å². The second kappa shape index (κ2) is 7.75. The number of benzene rings is 1. The van der Waals surface area contributed by atoms with Gasteiger partial charge in [0.2, 0.25) is 0 Å². The minimum atomic E-state index is 0.569. The Hall–Kier alpha value is -4.06. The summed E-state index contributed by atoms with van der Waals surface area (Å²) in [6, 6.07) is 15.9. The first-order valence-electron chi connectivity index (χ1n) is 9.76. The molecule has 9 nitrogen and oxygen atoms in total. The Labute approximate surface area is 173 Å². The lowest BCUT2D eigenvalue weighted by molar-refractivity contribution is 0.642. The van der Waals surface area contributed by atoms with Crippen molar-refractivity contribution in [3.63, 3.8) is 0 Å². The predicted octanol–water partition coefficient (Wildman–Crippen LogP) is 1.86. The first-order chi connectivity index (χ1) is 14.8. The molecule has 1 aromatic carbocycles. The highest BCUT2D eigenvalue weighted by Gasteiger charge is 2.23. The zero-order valence-corrected chi connectivity index (χ0v) is 16.3. The lowest BCUT2D eigenvalue weighted by atomic mass is 10.2. The van der Waals surface area contributed by atoms with Crippen molar-refractivity contribution >= 4 is 22.8 Å². The Kier molecular flexibility index (Phi) is 4.65. The van der Waals surface area contributed by atoms with E-state index in [1.165, 1.54) is 0 Å². The minimum absolute atomic E-state index is 0.569. The van der Waals surface area contributed by atoms with Crippen molar-refractivity contribution in [1.29, 1.82) is 5.26 Å². The Bertz CT molecular complexity index is 1190. The van der Waals surface area contributed by atoms with Gasteiger partial charge in [-0.15, -0.1) is 5.10 Å². The van der Waals surface area contributed by atoms with Crippen LogP contribution in [0, 0.1) is 11.3 Å². The van der Waals surface area contributed by atoms with Gasteiger partial charge in [-0.2, -0.15) is 5.26 Å². The number of fused-ring (bicyclic) bond motifs is 1. The van der Waals surface area contributed by atoms with Crippen LogP contribution in [-0.4, -0.2) is 56.1 Å². The maximum absolute atomic E-state index is 8.94. The van der Waals surface area contributed by atoms with Crippen LogP contribution in [0.25, 0.3) is 11.2 Å². The highest BCUT2D eigenvalue weighted by molar-refractivity contribution is 5.82. The van der Waals surface area contributed by atoms with E-state index in [-0.39, 0.29) is 0 Å². The van der Waals surface area contributed by atoms with Gasteiger partial charge in [0.1, 0.15) is 18.2 Å². The SMILES string of the molecule is N#Cc1ccc(N2CCN(c3ncnc4c3nnn4Cc3ccccc3)CC2)nc1. The summed E-state index contributed by atoms with van der Waals surface area (Å²) in [7, 11) is 0. The molecule has 0 N–H and O–H groups in total. The molecule has 5 rings (SSSR count). The number of hydrogen-bond acceptors (Lipinski definition) is 8. The van der Waals surface area contributed by atoms with Crippen LogP contribution < -0.4 is 9.80 Å². The van der Waals surface area contributed by atoms with Gasteiger partial charge in [-0.1, -0.05) is 35.5 Å². The summed E-state index contributed by atoms with van der Waals surface area (Å²) in [4.78, 5) is 17.7. The van der Waals surface area contributed by atoms with Crippen LogP contribution in [0.1, 0.15) is 11.1 Å². The van der Waals surface area contributed by atoms with Crippen LogP contribution in [0.4, 0.5) is 11.6 Å². The molecule has 0 saturated carbocycles. The van der Waals surface area contributed by atoms with Crippen molar-refractivity contribution < 1.29 is 0 Å². The number of hydrogen-bond donors (Lipinski definition) is 0. The fourth-order valence-electron chi connectivity index (χ4n) is 3.66. The predicted molar refractivity (Wildman–Crippen MR) is 112 cm³/mol. The van der Waals surface area contributed by atoms with E-state index in [1.54, 1.807) is 18.6 Å². The van der Waals surface area contributed by atoms with E-state index >= 15 is 0 Å². The molecule has 0 unspecified atom stereocenters. The molecule has 0 aliphatic carbocycles. The molecule has 1 fully saturated rings. The molecule has 3 aromatic heterocycles. The van der Waals surface area contributed by atoms with E-state index in [0.717, 1.165) is 54.5 Å². The first-order valence-corrected chi connectivity index (χ1v) is 9.76. The van der Waals surface area contributed by atoms with Crippen molar-refractivity contribution in [3.8, 4) is 6.07 Å². The van der Waals surface area contributed by atoms with E-state index in [0.29, 0.717) is 12.1 Å². The van der Waals surface area contributed by atoms with Crippen LogP contribution in [0.15, 0.2) is 55.0 Å². The average molecular weight is 397 g/mol. The van der Waals surface area contributed by atoms with Gasteiger partial charge in [0.25, 0.3) is 0 Å². The molecule has 0 amide bonds. The molecule has 148 valence electrons. The second-order valence-corrected chi connectivity index (χ2v) is 7.09. The molecule has 0 bridgehead atoms. The molecular weight excluding hydrogens is 378 g/mol. The molecule has 30 heavy (non-hydrogen) atoms. The molecule has 0 radical (unpaired) electrons. The standard InChI is InChI=1S/C21H19N9/c22-12-17-6-7-18(23-13-17)28-8-10-29(11-9-28)20-19-21(25-15-24-20)30(27-26-19)14-16-4-2-1-3-5-16/h1-7,13,15H,8-11,14H2. The van der Waals surface area contributed by atoms with Crippen molar-refractivity contribution in [2.45, 2.75) is 6.54 Å². The van der Waals surface area contributed by atoms with E-state index in [9.17, 15) is 0 Å². The summed E-state index contributed by atoms with van der Waals surface area (Å²) in [5, 5.41) is 17.6. The molecule has 1 aliphatic heterocycles. The molecule has 4 aromatic rings. The third-order valence-electron chi connectivity index (χ3n) is 5.24. The van der Waals surface area contributed by atoms with Gasteiger partial charge >= 0.3 is 0 Å². The lowest BCUT2D eigenvalue weighted by Crippen LogP contribution is -2.47. The van der Waals surface area contributed by atoms with Gasteiger partial charge in [-0.3, -0.25) is 0 Å². The quantitative estimate of drug-likeness (QED) is 0.514. The van der Waals surface area contributed by atoms with Crippen molar-refractivity contribution in [3.05, 3.63) is 66.1 Å². The summed E-state index contributed by atoms with van der Waals surface area (Å²) in [5.41, 5.74) is 3.17. The highest BCUT2D eigenvalue weighted by atomic mass is 15.5. The third kappa shape index (κ3) is 3.39. The Balaban J connectivity index is 1.34. The number of aromatic nitrogens is 6. The fourth-order valence-corrected chi connectivity index (χ4v) is 3.66. The minimum Gasteiger partial charge on any atom is -0.353 e. The van der Waals surface area contributed by atoms with Gasteiger partial charge in [0, 0.05) is 32.4 Å². The second-order valence-electron chi connectivity index (χ2n) is 7.09. The summed E-state index contributed by atoms with van der Waals surface area (Å²) in [6.07, 6.45) is 3.19. The van der Waals surface area contributed by atoms with Crippen LogP contribution in [0.3, 0.4) is 0 Å². The number of anilines is 2. The molecule has 1 aliphatic rings. The zero-order chi connectivity index (χ0) is 20.3. The van der Waals surface area contributed by atoms with Crippen LogP contribution in [0.5, 0.6) is 0 Å². The van der Waals surface area contributed by atoms with Crippen LogP contribution in [-0.2, 0) is 6.54 Å². The Morgan fingerprint density at radius 3 is 2.43 bits per heavy atom. The monoisotopic (exact) mass is 397 g/mol. The van der Waals surface area contributed by atoms with Crippen LogP contribution >= 0.6 is 0 Å². The summed E-state index contributed by atoms with van der Waals surface area (Å²) >= 11 is 0. The molecule has 9 heteroatoms. The first kappa shape index (κ1) is 18.0. The number of nitrogens with zero attached hydrogens (tertiary/aromatic N) is 9. The zero-order valence-electron chi connectivity index (χ0n) is 16.3. The number of nitriles is 1. The topological polar surface area (TPSA) is 99.6 Å². The molecule has 0 spiro atoms. The normalized spacial score (nSPS) is 14.1. The largest absolute Gasteiger partial charge is 0.353 e. The van der Waals surface area contributed by atoms with E-state index in [1.807, 2.05) is 28.9 Å². The maximum Gasteiger partial charge on any atom is 0.184 e. The number of piperazine rings is 1. The molecule has 4 heterocycles. The van der Waals surface area contributed by atoms with Crippen molar-refractivity contribution in [2.24, 2.45) is 0 Å². The molecule has 1 saturated heterocycles. The van der Waals surface area contributed by atoms with E-state index in [4.69, 9.17) is 5.26 Å². The number of pyridine rings is 1. The van der Waals surface area contributed by atoms with Gasteiger partial charge in [-0.05, 0) is 17.7 Å². The van der Waals surface area contributed by atoms with Crippen molar-refractivity contribution in [2.75, 3.05) is 36.0 Å². The van der Waals surface area contributed by atoms with E-state index in [2.05, 4.69) is 53.3 Å². The number of rotatable bonds is 4. The van der Waals surface area contributed by atoms with Gasteiger partial charge in [-0.25, -0.2) is 19.6 Å². The maximum atomic E-state index is 8.94. The smallest absolute Gasteiger partial charge is 0.184 e. The fraction of sp³-hybridized carbons (Fsp3) is 0.238. The molecular formula is C21H19N9.